The fourth-order valence-electron chi connectivity index (χ4n) is 2.31. The van der Waals surface area contributed by atoms with E-state index in [1.54, 1.807) is 11.3 Å². The highest BCUT2D eigenvalue weighted by atomic mass is 32.1. The van der Waals surface area contributed by atoms with Gasteiger partial charge in [-0.25, -0.2) is 4.98 Å². The van der Waals surface area contributed by atoms with Crippen molar-refractivity contribution in [2.45, 2.75) is 45.1 Å². The lowest BCUT2D eigenvalue weighted by Crippen LogP contribution is -2.27. The molecule has 1 unspecified atom stereocenters. The molecule has 0 bridgehead atoms. The van der Waals surface area contributed by atoms with Crippen LogP contribution in [0.25, 0.3) is 0 Å². The summed E-state index contributed by atoms with van der Waals surface area (Å²) in [5, 5.41) is 9.85. The minimum Gasteiger partial charge on any atom is -0.481 e. The molecule has 0 radical (unpaired) electrons. The molecule has 1 aliphatic rings. The Bertz CT molecular complexity index is 417. The second-order valence-corrected chi connectivity index (χ2v) is 6.28. The molecule has 0 amide bonds. The maximum Gasteiger partial charge on any atom is 0.303 e. The predicted molar refractivity (Wildman–Crippen MR) is 72.1 cm³/mol. The largest absolute Gasteiger partial charge is 0.481 e. The maximum atomic E-state index is 10.5. The van der Waals surface area contributed by atoms with Crippen molar-refractivity contribution >= 4 is 17.3 Å². The molecule has 2 rings (SSSR count). The standard InChI is InChI=1S/C13H20N2O2S/c1-9(2)15-6-5-10(8-15)13-14-7-11(18-13)3-4-12(16)17/h7,9-10H,3-6,8H2,1-2H3,(H,16,17). The molecule has 18 heavy (non-hydrogen) atoms. The Morgan fingerprint density at radius 2 is 2.44 bits per heavy atom. The second-order valence-electron chi connectivity index (χ2n) is 5.13. The average Bonchev–Trinajstić information content (AvgIpc) is 2.95. The van der Waals surface area contributed by atoms with E-state index in [1.165, 1.54) is 11.4 Å². The van der Waals surface area contributed by atoms with Crippen molar-refractivity contribution in [2.75, 3.05) is 13.1 Å². The van der Waals surface area contributed by atoms with Crippen molar-refractivity contribution in [1.82, 2.24) is 9.88 Å². The zero-order chi connectivity index (χ0) is 13.1. The van der Waals surface area contributed by atoms with Gasteiger partial charge < -0.3 is 10.0 Å². The number of aliphatic carboxylic acids is 1. The van der Waals surface area contributed by atoms with Gasteiger partial charge in [-0.2, -0.15) is 0 Å². The third-order valence-corrected chi connectivity index (χ3v) is 4.68. The normalized spacial score (nSPS) is 20.7. The number of thiazole rings is 1. The zero-order valence-electron chi connectivity index (χ0n) is 10.9. The SMILES string of the molecule is CC(C)N1CCC(c2ncc(CCC(=O)O)s2)C1. The molecule has 1 fully saturated rings. The van der Waals surface area contributed by atoms with E-state index in [1.807, 2.05) is 6.20 Å². The number of carbonyl (C=O) groups is 1. The molecule has 0 spiro atoms. The molecule has 1 aromatic rings. The summed E-state index contributed by atoms with van der Waals surface area (Å²) in [6, 6.07) is 0.599. The van der Waals surface area contributed by atoms with Crippen LogP contribution in [-0.4, -0.2) is 40.1 Å². The fourth-order valence-corrected chi connectivity index (χ4v) is 3.36. The molecule has 100 valence electrons. The smallest absolute Gasteiger partial charge is 0.303 e. The number of rotatable bonds is 5. The van der Waals surface area contributed by atoms with Crippen molar-refractivity contribution < 1.29 is 9.90 Å². The summed E-state index contributed by atoms with van der Waals surface area (Å²) >= 11 is 1.68. The monoisotopic (exact) mass is 268 g/mol. The first-order valence-corrected chi connectivity index (χ1v) is 7.28. The number of carboxylic acid groups (broad SMARTS) is 1. The van der Waals surface area contributed by atoms with Gasteiger partial charge in [0.05, 0.1) is 11.4 Å². The lowest BCUT2D eigenvalue weighted by molar-refractivity contribution is -0.136. The summed E-state index contributed by atoms with van der Waals surface area (Å²) in [5.41, 5.74) is 0. The number of hydrogen-bond donors (Lipinski definition) is 1. The van der Waals surface area contributed by atoms with Crippen molar-refractivity contribution in [3.63, 3.8) is 0 Å². The maximum absolute atomic E-state index is 10.5. The van der Waals surface area contributed by atoms with Crippen molar-refractivity contribution in [2.24, 2.45) is 0 Å². The van der Waals surface area contributed by atoms with Crippen molar-refractivity contribution in [3.05, 3.63) is 16.1 Å². The van der Waals surface area contributed by atoms with Crippen LogP contribution in [0.1, 0.15) is 42.5 Å². The Balaban J connectivity index is 1.92. The Morgan fingerprint density at radius 1 is 1.67 bits per heavy atom. The van der Waals surface area contributed by atoms with E-state index < -0.39 is 5.97 Å². The van der Waals surface area contributed by atoms with Gasteiger partial charge in [-0.15, -0.1) is 11.3 Å². The van der Waals surface area contributed by atoms with Crippen LogP contribution in [0.2, 0.25) is 0 Å². The second kappa shape index (κ2) is 5.80. The highest BCUT2D eigenvalue weighted by Crippen LogP contribution is 2.31. The summed E-state index contributed by atoms with van der Waals surface area (Å²) in [6.45, 7) is 6.68. The molecule has 1 aliphatic heterocycles. The van der Waals surface area contributed by atoms with E-state index in [9.17, 15) is 4.79 Å². The van der Waals surface area contributed by atoms with Crippen LogP contribution in [0.3, 0.4) is 0 Å². The topological polar surface area (TPSA) is 53.4 Å². The minimum atomic E-state index is -0.739. The number of aryl methyl sites for hydroxylation is 1. The highest BCUT2D eigenvalue weighted by molar-refractivity contribution is 7.11. The lowest BCUT2D eigenvalue weighted by atomic mass is 10.1. The van der Waals surface area contributed by atoms with E-state index in [-0.39, 0.29) is 6.42 Å². The number of aromatic nitrogens is 1. The Hall–Kier alpha value is -0.940. The first-order valence-electron chi connectivity index (χ1n) is 6.46. The first-order chi connectivity index (χ1) is 8.56. The molecule has 2 heterocycles. The van der Waals surface area contributed by atoms with Crippen LogP contribution in [-0.2, 0) is 11.2 Å². The predicted octanol–water partition coefficient (Wildman–Crippen LogP) is 2.36. The third-order valence-electron chi connectivity index (χ3n) is 3.46. The van der Waals surface area contributed by atoms with Crippen LogP contribution >= 0.6 is 11.3 Å². The van der Waals surface area contributed by atoms with Crippen LogP contribution in [0.4, 0.5) is 0 Å². The van der Waals surface area contributed by atoms with Gasteiger partial charge in [-0.05, 0) is 33.2 Å². The average molecular weight is 268 g/mol. The minimum absolute atomic E-state index is 0.199. The van der Waals surface area contributed by atoms with Crippen LogP contribution < -0.4 is 0 Å². The molecule has 1 N–H and O–H groups in total. The Kier molecular flexibility index (Phi) is 4.35. The van der Waals surface area contributed by atoms with Crippen molar-refractivity contribution in [1.29, 1.82) is 0 Å². The molecule has 1 atom stereocenters. The molecule has 0 saturated carbocycles. The molecular formula is C13H20N2O2S. The summed E-state index contributed by atoms with van der Waals surface area (Å²) in [4.78, 5) is 18.6. The molecule has 0 aliphatic carbocycles. The number of carboxylic acids is 1. The van der Waals surface area contributed by atoms with Gasteiger partial charge in [-0.1, -0.05) is 0 Å². The summed E-state index contributed by atoms with van der Waals surface area (Å²) < 4.78 is 0. The van der Waals surface area contributed by atoms with Gasteiger partial charge in [0.2, 0.25) is 0 Å². The van der Waals surface area contributed by atoms with E-state index in [4.69, 9.17) is 5.11 Å². The molecule has 4 nitrogen and oxygen atoms in total. The quantitative estimate of drug-likeness (QED) is 0.890. The van der Waals surface area contributed by atoms with E-state index in [0.717, 1.165) is 18.0 Å². The fraction of sp³-hybridized carbons (Fsp3) is 0.692. The number of likely N-dealkylation sites (tertiary alicyclic amines) is 1. The number of nitrogens with zero attached hydrogens (tertiary/aromatic N) is 2. The molecular weight excluding hydrogens is 248 g/mol. The molecule has 1 saturated heterocycles. The van der Waals surface area contributed by atoms with Crippen LogP contribution in [0.15, 0.2) is 6.20 Å². The number of hydrogen-bond acceptors (Lipinski definition) is 4. The summed E-state index contributed by atoms with van der Waals surface area (Å²) in [6.07, 6.45) is 3.82. The molecule has 0 aromatic carbocycles. The molecule has 1 aromatic heterocycles. The summed E-state index contributed by atoms with van der Waals surface area (Å²) in [7, 11) is 0. The van der Waals surface area contributed by atoms with E-state index >= 15 is 0 Å². The van der Waals surface area contributed by atoms with Crippen molar-refractivity contribution in [3.8, 4) is 0 Å². The summed E-state index contributed by atoms with van der Waals surface area (Å²) in [5.74, 6) is -0.201. The zero-order valence-corrected chi connectivity index (χ0v) is 11.7. The highest BCUT2D eigenvalue weighted by Gasteiger charge is 2.27. The van der Waals surface area contributed by atoms with E-state index in [2.05, 4.69) is 23.7 Å². The Labute approximate surface area is 112 Å². The molecule has 5 heteroatoms. The van der Waals surface area contributed by atoms with Crippen LogP contribution in [0.5, 0.6) is 0 Å². The van der Waals surface area contributed by atoms with Gasteiger partial charge in [-0.3, -0.25) is 4.79 Å². The first kappa shape index (κ1) is 13.5. The third kappa shape index (κ3) is 3.29. The van der Waals surface area contributed by atoms with Gasteiger partial charge in [0.25, 0.3) is 0 Å². The van der Waals surface area contributed by atoms with E-state index in [0.29, 0.717) is 18.4 Å². The van der Waals surface area contributed by atoms with Crippen LogP contribution in [0, 0.1) is 0 Å². The van der Waals surface area contributed by atoms with Gasteiger partial charge in [0, 0.05) is 29.6 Å². The van der Waals surface area contributed by atoms with Gasteiger partial charge >= 0.3 is 5.97 Å². The van der Waals surface area contributed by atoms with Gasteiger partial charge in [0.15, 0.2) is 0 Å². The van der Waals surface area contributed by atoms with Gasteiger partial charge in [0.1, 0.15) is 0 Å². The Morgan fingerprint density at radius 3 is 3.06 bits per heavy atom. The lowest BCUT2D eigenvalue weighted by Gasteiger charge is -2.19.